The first-order chi connectivity index (χ1) is 9.70. The van der Waals surface area contributed by atoms with Crippen LogP contribution in [0.5, 0.6) is 0 Å². The molecule has 0 aliphatic heterocycles. The summed E-state index contributed by atoms with van der Waals surface area (Å²) >= 11 is 0. The van der Waals surface area contributed by atoms with Crippen molar-refractivity contribution in [3.8, 4) is 0 Å². The lowest BCUT2D eigenvalue weighted by molar-refractivity contribution is 0.0965. The third-order valence-electron chi connectivity index (χ3n) is 3.36. The summed E-state index contributed by atoms with van der Waals surface area (Å²) in [5.41, 5.74) is 2.95. The van der Waals surface area contributed by atoms with Crippen LogP contribution in [0.2, 0.25) is 0 Å². The molecule has 98 valence electrons. The maximum Gasteiger partial charge on any atom is 0.262 e. The fourth-order valence-corrected chi connectivity index (χ4v) is 2.35. The molecule has 0 spiro atoms. The van der Waals surface area contributed by atoms with Gasteiger partial charge in [0.15, 0.2) is 6.29 Å². The molecule has 0 aliphatic carbocycles. The number of hydrogen-bond acceptors (Lipinski definition) is 2. The van der Waals surface area contributed by atoms with Gasteiger partial charge in [-0.25, -0.2) is 0 Å². The van der Waals surface area contributed by atoms with Gasteiger partial charge in [0.25, 0.3) is 5.91 Å². The summed E-state index contributed by atoms with van der Waals surface area (Å²) in [4.78, 5) is 23.7. The van der Waals surface area contributed by atoms with E-state index in [2.05, 4.69) is 0 Å². The zero-order valence-corrected chi connectivity index (χ0v) is 11.0. The first-order valence-corrected chi connectivity index (χ1v) is 6.37. The Bertz CT molecular complexity index is 800. The Kier molecular flexibility index (Phi) is 2.95. The Morgan fingerprint density at radius 3 is 2.55 bits per heavy atom. The minimum Gasteiger partial charge on any atom is -0.298 e. The molecule has 20 heavy (non-hydrogen) atoms. The number of hydrogen-bond donors (Lipinski definition) is 0. The van der Waals surface area contributed by atoms with E-state index < -0.39 is 0 Å². The summed E-state index contributed by atoms with van der Waals surface area (Å²) < 4.78 is 1.54. The van der Waals surface area contributed by atoms with Gasteiger partial charge >= 0.3 is 0 Å². The smallest absolute Gasteiger partial charge is 0.262 e. The van der Waals surface area contributed by atoms with Crippen LogP contribution in [-0.2, 0) is 0 Å². The van der Waals surface area contributed by atoms with Gasteiger partial charge in [-0.1, -0.05) is 29.8 Å². The standard InChI is InChI=1S/C17H13NO2/c1-12-7-8-16-15(9-12)14(11-19)10-18(16)17(20)13-5-3-2-4-6-13/h2-11H,1H3. The predicted octanol–water partition coefficient (Wildman–Crippen LogP) is 3.45. The van der Waals surface area contributed by atoms with Gasteiger partial charge in [0.05, 0.1) is 5.52 Å². The van der Waals surface area contributed by atoms with Crippen LogP contribution in [0.3, 0.4) is 0 Å². The molecule has 3 aromatic rings. The lowest BCUT2D eigenvalue weighted by Crippen LogP contribution is -2.10. The zero-order valence-electron chi connectivity index (χ0n) is 11.0. The second kappa shape index (κ2) is 4.78. The number of carbonyl (C=O) groups is 2. The summed E-state index contributed by atoms with van der Waals surface area (Å²) in [5, 5.41) is 0.810. The molecule has 3 heteroatoms. The van der Waals surface area contributed by atoms with Crippen LogP contribution in [0.15, 0.2) is 54.7 Å². The summed E-state index contributed by atoms with van der Waals surface area (Å²) in [6, 6.07) is 14.8. The van der Waals surface area contributed by atoms with Gasteiger partial charge in [-0.2, -0.15) is 0 Å². The third-order valence-corrected chi connectivity index (χ3v) is 3.36. The molecule has 3 nitrogen and oxygen atoms in total. The van der Waals surface area contributed by atoms with Gasteiger partial charge in [-0.15, -0.1) is 0 Å². The van der Waals surface area contributed by atoms with Gasteiger partial charge < -0.3 is 0 Å². The zero-order chi connectivity index (χ0) is 14.1. The van der Waals surface area contributed by atoms with Crippen LogP contribution in [0.25, 0.3) is 10.9 Å². The van der Waals surface area contributed by atoms with E-state index in [1.807, 2.05) is 43.3 Å². The monoisotopic (exact) mass is 263 g/mol. The minimum absolute atomic E-state index is 0.132. The van der Waals surface area contributed by atoms with E-state index in [1.165, 1.54) is 4.57 Å². The van der Waals surface area contributed by atoms with E-state index in [1.54, 1.807) is 18.3 Å². The van der Waals surface area contributed by atoms with Crippen molar-refractivity contribution < 1.29 is 9.59 Å². The third kappa shape index (κ3) is 1.93. The maximum atomic E-state index is 12.5. The Hall–Kier alpha value is -2.68. The summed E-state index contributed by atoms with van der Waals surface area (Å²) in [6.45, 7) is 1.96. The van der Waals surface area contributed by atoms with E-state index >= 15 is 0 Å². The summed E-state index contributed by atoms with van der Waals surface area (Å²) in [5.74, 6) is -0.132. The van der Waals surface area contributed by atoms with Crippen molar-refractivity contribution in [3.05, 3.63) is 71.4 Å². The second-order valence-corrected chi connectivity index (χ2v) is 4.76. The van der Waals surface area contributed by atoms with E-state index in [9.17, 15) is 9.59 Å². The topological polar surface area (TPSA) is 39.1 Å². The molecule has 0 saturated carbocycles. The Labute approximate surface area is 116 Å². The van der Waals surface area contributed by atoms with Crippen LogP contribution in [-0.4, -0.2) is 16.8 Å². The molecule has 0 unspecified atom stereocenters. The number of aromatic nitrogens is 1. The highest BCUT2D eigenvalue weighted by Crippen LogP contribution is 2.22. The van der Waals surface area contributed by atoms with Gasteiger partial charge in [0, 0.05) is 22.7 Å². The lowest BCUT2D eigenvalue weighted by Gasteiger charge is -2.04. The van der Waals surface area contributed by atoms with E-state index in [4.69, 9.17) is 0 Å². The van der Waals surface area contributed by atoms with E-state index in [0.29, 0.717) is 11.1 Å². The molecule has 0 saturated heterocycles. The molecule has 1 aromatic heterocycles. The SMILES string of the molecule is Cc1ccc2c(c1)c(C=O)cn2C(=O)c1ccccc1. The van der Waals surface area contributed by atoms with Crippen molar-refractivity contribution in [2.75, 3.05) is 0 Å². The molecule has 3 rings (SSSR count). The molecular weight excluding hydrogens is 250 g/mol. The van der Waals surface area contributed by atoms with Crippen molar-refractivity contribution in [2.24, 2.45) is 0 Å². The van der Waals surface area contributed by atoms with Crippen LogP contribution in [0.4, 0.5) is 0 Å². The first kappa shape index (κ1) is 12.4. The molecule has 2 aromatic carbocycles. The predicted molar refractivity (Wildman–Crippen MR) is 78.2 cm³/mol. The van der Waals surface area contributed by atoms with Crippen molar-refractivity contribution in [2.45, 2.75) is 6.92 Å². The van der Waals surface area contributed by atoms with Crippen molar-refractivity contribution in [1.29, 1.82) is 0 Å². The number of aryl methyl sites for hydroxylation is 1. The maximum absolute atomic E-state index is 12.5. The highest BCUT2D eigenvalue weighted by Gasteiger charge is 2.14. The fraction of sp³-hybridized carbons (Fsp3) is 0.0588. The lowest BCUT2D eigenvalue weighted by atomic mass is 10.1. The summed E-state index contributed by atoms with van der Waals surface area (Å²) in [6.07, 6.45) is 2.39. The highest BCUT2D eigenvalue weighted by molar-refractivity contribution is 6.07. The largest absolute Gasteiger partial charge is 0.298 e. The Morgan fingerprint density at radius 2 is 1.85 bits per heavy atom. The number of carbonyl (C=O) groups excluding carboxylic acids is 2. The van der Waals surface area contributed by atoms with Crippen LogP contribution >= 0.6 is 0 Å². The van der Waals surface area contributed by atoms with Gasteiger partial charge in [0.2, 0.25) is 0 Å². The summed E-state index contributed by atoms with van der Waals surface area (Å²) in [7, 11) is 0. The minimum atomic E-state index is -0.132. The van der Waals surface area contributed by atoms with Crippen LogP contribution in [0.1, 0.15) is 26.3 Å². The Morgan fingerprint density at radius 1 is 1.10 bits per heavy atom. The molecule has 0 amide bonds. The average Bonchev–Trinajstić information content (AvgIpc) is 2.85. The molecule has 0 aliphatic rings. The van der Waals surface area contributed by atoms with E-state index in [-0.39, 0.29) is 5.91 Å². The van der Waals surface area contributed by atoms with Crippen molar-refractivity contribution in [1.82, 2.24) is 4.57 Å². The molecule has 0 N–H and O–H groups in total. The Balaban J connectivity index is 2.22. The van der Waals surface area contributed by atoms with Gasteiger partial charge in [-0.05, 0) is 31.2 Å². The normalized spacial score (nSPS) is 10.7. The molecule has 0 fully saturated rings. The van der Waals surface area contributed by atoms with Crippen molar-refractivity contribution in [3.63, 3.8) is 0 Å². The van der Waals surface area contributed by atoms with E-state index in [0.717, 1.165) is 22.8 Å². The number of rotatable bonds is 2. The van der Waals surface area contributed by atoms with Crippen LogP contribution < -0.4 is 0 Å². The quantitative estimate of drug-likeness (QED) is 0.664. The van der Waals surface area contributed by atoms with Crippen LogP contribution in [0, 0.1) is 6.92 Å². The average molecular weight is 263 g/mol. The van der Waals surface area contributed by atoms with Crippen molar-refractivity contribution >= 4 is 23.1 Å². The molecule has 0 atom stereocenters. The second-order valence-electron chi connectivity index (χ2n) is 4.76. The van der Waals surface area contributed by atoms with Gasteiger partial charge in [-0.3, -0.25) is 14.2 Å². The number of fused-ring (bicyclic) bond motifs is 1. The highest BCUT2D eigenvalue weighted by atomic mass is 16.2. The molecule has 1 heterocycles. The number of nitrogens with zero attached hydrogens (tertiary/aromatic N) is 1. The molecular formula is C17H13NO2. The fourth-order valence-electron chi connectivity index (χ4n) is 2.35. The number of benzene rings is 2. The number of aldehydes is 1. The molecule has 0 bridgehead atoms. The molecule has 0 radical (unpaired) electrons. The first-order valence-electron chi connectivity index (χ1n) is 6.37. The van der Waals surface area contributed by atoms with Gasteiger partial charge in [0.1, 0.15) is 0 Å².